The van der Waals surface area contributed by atoms with Gasteiger partial charge in [0.1, 0.15) is 0 Å². The number of nitrogens with zero attached hydrogens (tertiary/aromatic N) is 1. The van der Waals surface area contributed by atoms with E-state index in [1.165, 1.54) is 25.9 Å². The maximum absolute atomic E-state index is 5.39. The third-order valence-corrected chi connectivity index (χ3v) is 4.36. The molecule has 74 valence electrons. The van der Waals surface area contributed by atoms with Gasteiger partial charge in [0, 0.05) is 32.3 Å². The first-order valence-electron chi connectivity index (χ1n) is 5.68. The summed E-state index contributed by atoms with van der Waals surface area (Å²) in [7, 11) is 0. The molecule has 2 aliphatic heterocycles. The molecule has 0 bridgehead atoms. The summed E-state index contributed by atoms with van der Waals surface area (Å²) < 4.78 is 5.39. The second kappa shape index (κ2) is 2.96. The molecule has 2 heteroatoms. The highest BCUT2D eigenvalue weighted by atomic mass is 16.5. The largest absolute Gasteiger partial charge is 0.381 e. The van der Waals surface area contributed by atoms with Crippen molar-refractivity contribution in [3.8, 4) is 0 Å². The van der Waals surface area contributed by atoms with Gasteiger partial charge >= 0.3 is 0 Å². The van der Waals surface area contributed by atoms with Crippen LogP contribution < -0.4 is 0 Å². The second-order valence-electron chi connectivity index (χ2n) is 4.98. The van der Waals surface area contributed by atoms with Crippen LogP contribution in [0.4, 0.5) is 0 Å². The van der Waals surface area contributed by atoms with E-state index in [9.17, 15) is 0 Å². The van der Waals surface area contributed by atoms with E-state index < -0.39 is 0 Å². The van der Waals surface area contributed by atoms with E-state index >= 15 is 0 Å². The summed E-state index contributed by atoms with van der Waals surface area (Å²) in [4.78, 5) is 2.72. The molecule has 3 rings (SSSR count). The Morgan fingerprint density at radius 2 is 1.69 bits per heavy atom. The quantitative estimate of drug-likeness (QED) is 0.605. The Kier molecular flexibility index (Phi) is 1.88. The van der Waals surface area contributed by atoms with Crippen molar-refractivity contribution >= 4 is 0 Å². The molecule has 0 spiro atoms. The van der Waals surface area contributed by atoms with E-state index in [2.05, 4.69) is 11.8 Å². The van der Waals surface area contributed by atoms with E-state index in [1.54, 1.807) is 0 Å². The topological polar surface area (TPSA) is 12.5 Å². The Morgan fingerprint density at radius 1 is 1.08 bits per heavy atom. The number of hydrogen-bond acceptors (Lipinski definition) is 2. The lowest BCUT2D eigenvalue weighted by Gasteiger charge is -2.32. The van der Waals surface area contributed by atoms with Crippen LogP contribution in [0, 0.1) is 17.8 Å². The SMILES string of the molecule is CC1C2CN(C3CCOCC3)CC12. The molecule has 2 nitrogen and oxygen atoms in total. The lowest BCUT2D eigenvalue weighted by molar-refractivity contribution is 0.0372. The fourth-order valence-electron chi connectivity index (χ4n) is 3.20. The Balaban J connectivity index is 1.56. The minimum absolute atomic E-state index is 0.855. The highest BCUT2D eigenvalue weighted by Gasteiger charge is 2.53. The Hall–Kier alpha value is -0.0800. The molecule has 2 heterocycles. The summed E-state index contributed by atoms with van der Waals surface area (Å²) in [6, 6.07) is 0.855. The second-order valence-corrected chi connectivity index (χ2v) is 4.98. The van der Waals surface area contributed by atoms with Gasteiger partial charge in [-0.3, -0.25) is 4.90 Å². The zero-order chi connectivity index (χ0) is 8.84. The van der Waals surface area contributed by atoms with Crippen molar-refractivity contribution in [3.63, 3.8) is 0 Å². The fourth-order valence-corrected chi connectivity index (χ4v) is 3.20. The molecule has 2 saturated heterocycles. The first-order chi connectivity index (χ1) is 6.36. The standard InChI is InChI=1S/C11H19NO/c1-8-10-6-12(7-11(8)10)9-2-4-13-5-3-9/h8-11H,2-7H2,1H3. The van der Waals surface area contributed by atoms with Gasteiger partial charge in [0.25, 0.3) is 0 Å². The highest BCUT2D eigenvalue weighted by molar-refractivity contribution is 5.04. The van der Waals surface area contributed by atoms with Crippen molar-refractivity contribution in [2.75, 3.05) is 26.3 Å². The van der Waals surface area contributed by atoms with E-state index in [-0.39, 0.29) is 0 Å². The molecular weight excluding hydrogens is 162 g/mol. The predicted octanol–water partition coefficient (Wildman–Crippen LogP) is 1.36. The molecule has 1 aliphatic carbocycles. The summed E-state index contributed by atoms with van der Waals surface area (Å²) >= 11 is 0. The van der Waals surface area contributed by atoms with Crippen molar-refractivity contribution in [1.29, 1.82) is 0 Å². The molecule has 0 aromatic heterocycles. The molecule has 1 saturated carbocycles. The number of rotatable bonds is 1. The van der Waals surface area contributed by atoms with Crippen molar-refractivity contribution in [1.82, 2.24) is 4.90 Å². The van der Waals surface area contributed by atoms with Gasteiger partial charge in [-0.2, -0.15) is 0 Å². The first-order valence-corrected chi connectivity index (χ1v) is 5.68. The van der Waals surface area contributed by atoms with E-state index in [0.717, 1.165) is 37.0 Å². The number of ether oxygens (including phenoxy) is 1. The summed E-state index contributed by atoms with van der Waals surface area (Å²) in [5.74, 6) is 3.15. The van der Waals surface area contributed by atoms with Crippen LogP contribution >= 0.6 is 0 Å². The number of fused-ring (bicyclic) bond motifs is 1. The van der Waals surface area contributed by atoms with Gasteiger partial charge in [0.05, 0.1) is 0 Å². The van der Waals surface area contributed by atoms with E-state index in [1.807, 2.05) is 0 Å². The molecule has 0 aromatic rings. The lowest BCUT2D eigenvalue weighted by Crippen LogP contribution is -2.39. The molecular formula is C11H19NO. The van der Waals surface area contributed by atoms with Gasteiger partial charge in [-0.15, -0.1) is 0 Å². The average molecular weight is 181 g/mol. The van der Waals surface area contributed by atoms with Gasteiger partial charge in [-0.1, -0.05) is 6.92 Å². The minimum Gasteiger partial charge on any atom is -0.381 e. The molecule has 2 unspecified atom stereocenters. The summed E-state index contributed by atoms with van der Waals surface area (Å²) in [6.45, 7) is 7.17. The van der Waals surface area contributed by atoms with E-state index in [4.69, 9.17) is 4.74 Å². The van der Waals surface area contributed by atoms with Crippen LogP contribution in [0.5, 0.6) is 0 Å². The zero-order valence-corrected chi connectivity index (χ0v) is 8.41. The number of likely N-dealkylation sites (tertiary alicyclic amines) is 1. The lowest BCUT2D eigenvalue weighted by atomic mass is 10.1. The van der Waals surface area contributed by atoms with Crippen LogP contribution in [-0.2, 0) is 4.74 Å². The Bertz CT molecular complexity index is 188. The number of hydrogen-bond donors (Lipinski definition) is 0. The predicted molar refractivity (Wildman–Crippen MR) is 51.6 cm³/mol. The molecule has 3 aliphatic rings. The maximum Gasteiger partial charge on any atom is 0.0480 e. The third kappa shape index (κ3) is 1.31. The maximum atomic E-state index is 5.39. The Labute approximate surface area is 80.2 Å². The van der Waals surface area contributed by atoms with Gasteiger partial charge in [0.15, 0.2) is 0 Å². The first kappa shape index (κ1) is 8.25. The van der Waals surface area contributed by atoms with Gasteiger partial charge in [0.2, 0.25) is 0 Å². The monoisotopic (exact) mass is 181 g/mol. The zero-order valence-electron chi connectivity index (χ0n) is 8.41. The normalized spacial score (nSPS) is 46.4. The Morgan fingerprint density at radius 3 is 2.31 bits per heavy atom. The van der Waals surface area contributed by atoms with Gasteiger partial charge in [-0.25, -0.2) is 0 Å². The molecule has 13 heavy (non-hydrogen) atoms. The molecule has 2 atom stereocenters. The summed E-state index contributed by atoms with van der Waals surface area (Å²) in [6.07, 6.45) is 2.54. The van der Waals surface area contributed by atoms with Gasteiger partial charge < -0.3 is 4.74 Å². The van der Waals surface area contributed by atoms with Crippen LogP contribution in [-0.4, -0.2) is 37.2 Å². The third-order valence-electron chi connectivity index (χ3n) is 4.36. The fraction of sp³-hybridized carbons (Fsp3) is 1.00. The van der Waals surface area contributed by atoms with Crippen molar-refractivity contribution < 1.29 is 4.74 Å². The molecule has 3 fully saturated rings. The van der Waals surface area contributed by atoms with Crippen molar-refractivity contribution in [2.24, 2.45) is 17.8 Å². The molecule has 0 amide bonds. The highest BCUT2D eigenvalue weighted by Crippen LogP contribution is 2.51. The van der Waals surface area contributed by atoms with Crippen LogP contribution in [0.25, 0.3) is 0 Å². The number of piperidine rings is 1. The molecule has 0 radical (unpaired) electrons. The molecule has 0 N–H and O–H groups in total. The summed E-state index contributed by atoms with van der Waals surface area (Å²) in [5, 5.41) is 0. The average Bonchev–Trinajstić information content (AvgIpc) is 2.67. The van der Waals surface area contributed by atoms with E-state index in [0.29, 0.717) is 0 Å². The smallest absolute Gasteiger partial charge is 0.0480 e. The summed E-state index contributed by atoms with van der Waals surface area (Å²) in [5.41, 5.74) is 0. The van der Waals surface area contributed by atoms with Crippen LogP contribution in [0.2, 0.25) is 0 Å². The van der Waals surface area contributed by atoms with Crippen molar-refractivity contribution in [2.45, 2.75) is 25.8 Å². The molecule has 0 aromatic carbocycles. The van der Waals surface area contributed by atoms with Crippen LogP contribution in [0.1, 0.15) is 19.8 Å². The van der Waals surface area contributed by atoms with Crippen LogP contribution in [0.15, 0.2) is 0 Å². The van der Waals surface area contributed by atoms with Crippen LogP contribution in [0.3, 0.4) is 0 Å². The van der Waals surface area contributed by atoms with Crippen molar-refractivity contribution in [3.05, 3.63) is 0 Å². The van der Waals surface area contributed by atoms with Gasteiger partial charge in [-0.05, 0) is 30.6 Å². The minimum atomic E-state index is 0.855.